The second kappa shape index (κ2) is 9.84. The van der Waals surface area contributed by atoms with Gasteiger partial charge in [-0.05, 0) is 31.5 Å². The summed E-state index contributed by atoms with van der Waals surface area (Å²) >= 11 is 0. The average molecular weight is 426 g/mol. The highest BCUT2D eigenvalue weighted by Crippen LogP contribution is 2.30. The number of likely N-dealkylation sites (N-methyl/N-ethyl adjacent to an activating group) is 1. The van der Waals surface area contributed by atoms with Crippen LogP contribution in [0, 0.1) is 10.1 Å². The van der Waals surface area contributed by atoms with Crippen molar-refractivity contribution in [2.75, 3.05) is 64.2 Å². The van der Waals surface area contributed by atoms with Crippen LogP contribution in [0.25, 0.3) is 0 Å². The summed E-state index contributed by atoms with van der Waals surface area (Å²) < 4.78 is 27.1. The van der Waals surface area contributed by atoms with Gasteiger partial charge in [0.15, 0.2) is 0 Å². The molecule has 0 amide bonds. The fourth-order valence-electron chi connectivity index (χ4n) is 3.90. The topological polar surface area (TPSA) is 99.0 Å². The molecule has 0 atom stereocenters. The van der Waals surface area contributed by atoms with Gasteiger partial charge in [0, 0.05) is 58.4 Å². The number of sulfonamides is 1. The van der Waals surface area contributed by atoms with Crippen molar-refractivity contribution in [2.45, 2.75) is 31.1 Å². The number of piperidine rings is 1. The molecule has 0 aliphatic carbocycles. The number of rotatable bonds is 8. The van der Waals surface area contributed by atoms with E-state index in [1.807, 2.05) is 0 Å². The van der Waals surface area contributed by atoms with Crippen molar-refractivity contribution in [1.29, 1.82) is 0 Å². The van der Waals surface area contributed by atoms with Crippen LogP contribution in [-0.2, 0) is 10.0 Å². The van der Waals surface area contributed by atoms with Crippen LogP contribution < -0.4 is 5.32 Å². The zero-order valence-electron chi connectivity index (χ0n) is 17.0. The third-order valence-electron chi connectivity index (χ3n) is 5.77. The molecule has 0 spiro atoms. The molecule has 3 rings (SSSR count). The molecule has 0 saturated carbocycles. The van der Waals surface area contributed by atoms with Crippen molar-refractivity contribution in [1.82, 2.24) is 14.1 Å². The van der Waals surface area contributed by atoms with Crippen LogP contribution in [0.4, 0.5) is 11.4 Å². The lowest BCUT2D eigenvalue weighted by molar-refractivity contribution is -0.384. The number of nitro benzene ring substituents is 1. The van der Waals surface area contributed by atoms with E-state index in [2.05, 4.69) is 22.0 Å². The second-order valence-corrected chi connectivity index (χ2v) is 9.54. The predicted molar refractivity (Wildman–Crippen MR) is 113 cm³/mol. The van der Waals surface area contributed by atoms with Crippen molar-refractivity contribution in [3.63, 3.8) is 0 Å². The van der Waals surface area contributed by atoms with Gasteiger partial charge in [-0.2, -0.15) is 4.31 Å². The number of hydrogen-bond acceptors (Lipinski definition) is 7. The summed E-state index contributed by atoms with van der Waals surface area (Å²) in [5.41, 5.74) is 0.165. The minimum Gasteiger partial charge on any atom is -0.378 e. The lowest BCUT2D eigenvalue weighted by Gasteiger charge is -2.34. The molecule has 0 aromatic heterocycles. The monoisotopic (exact) mass is 425 g/mol. The molecule has 2 saturated heterocycles. The third kappa shape index (κ3) is 5.44. The average Bonchev–Trinajstić information content (AvgIpc) is 2.74. The highest BCUT2D eigenvalue weighted by atomic mass is 32.2. The van der Waals surface area contributed by atoms with Gasteiger partial charge in [-0.15, -0.1) is 0 Å². The summed E-state index contributed by atoms with van der Waals surface area (Å²) in [6, 6.07) is 4.18. The van der Waals surface area contributed by atoms with E-state index in [1.54, 1.807) is 0 Å². The van der Waals surface area contributed by atoms with E-state index in [1.165, 1.54) is 22.5 Å². The summed E-state index contributed by atoms with van der Waals surface area (Å²) in [4.78, 5) is 15.8. The van der Waals surface area contributed by atoms with Gasteiger partial charge >= 0.3 is 0 Å². The molecule has 162 valence electrons. The molecule has 1 N–H and O–H groups in total. The Morgan fingerprint density at radius 3 is 2.31 bits per heavy atom. The normalized spacial score (nSPS) is 19.9. The molecule has 0 unspecified atom stereocenters. The highest BCUT2D eigenvalue weighted by Gasteiger charge is 2.28. The van der Waals surface area contributed by atoms with Gasteiger partial charge < -0.3 is 10.2 Å². The van der Waals surface area contributed by atoms with E-state index in [0.717, 1.165) is 58.5 Å². The van der Waals surface area contributed by atoms with Crippen LogP contribution in [0.5, 0.6) is 0 Å². The van der Waals surface area contributed by atoms with Gasteiger partial charge in [-0.1, -0.05) is 13.3 Å². The number of anilines is 1. The Bertz CT molecular complexity index is 803. The highest BCUT2D eigenvalue weighted by molar-refractivity contribution is 7.89. The first-order chi connectivity index (χ1) is 13.9. The van der Waals surface area contributed by atoms with Crippen molar-refractivity contribution >= 4 is 21.4 Å². The number of nitro groups is 1. The zero-order valence-corrected chi connectivity index (χ0v) is 17.9. The van der Waals surface area contributed by atoms with Crippen LogP contribution in [0.1, 0.15) is 26.2 Å². The van der Waals surface area contributed by atoms with Crippen LogP contribution in [0.2, 0.25) is 0 Å². The summed E-state index contributed by atoms with van der Waals surface area (Å²) in [6.07, 6.45) is 2.67. The summed E-state index contributed by atoms with van der Waals surface area (Å²) in [6.45, 7) is 9.60. The van der Waals surface area contributed by atoms with Gasteiger partial charge in [0.2, 0.25) is 10.0 Å². The van der Waals surface area contributed by atoms with E-state index in [4.69, 9.17) is 0 Å². The van der Waals surface area contributed by atoms with Crippen LogP contribution in [0.3, 0.4) is 0 Å². The number of benzene rings is 1. The molecular weight excluding hydrogens is 394 g/mol. The van der Waals surface area contributed by atoms with Crippen molar-refractivity contribution < 1.29 is 13.3 Å². The standard InChI is InChI=1S/C19H31N5O4S/c1-2-21-12-14-22(15-13-21)11-8-20-18-7-6-17(16-19(18)24(25)26)29(27,28)23-9-4-3-5-10-23/h6-7,16,20H,2-5,8-15H2,1H3. The molecule has 1 aromatic rings. The molecule has 1 aromatic carbocycles. The maximum Gasteiger partial charge on any atom is 0.293 e. The van der Waals surface area contributed by atoms with Gasteiger partial charge in [0.05, 0.1) is 9.82 Å². The fourth-order valence-corrected chi connectivity index (χ4v) is 5.44. The minimum atomic E-state index is -3.69. The summed E-state index contributed by atoms with van der Waals surface area (Å²) in [5.74, 6) is 0. The molecule has 9 nitrogen and oxygen atoms in total. The Labute approximate surface area is 172 Å². The molecule has 10 heteroatoms. The van der Waals surface area contributed by atoms with Crippen LogP contribution in [0.15, 0.2) is 23.1 Å². The molecule has 29 heavy (non-hydrogen) atoms. The molecule has 0 radical (unpaired) electrons. The van der Waals surface area contributed by atoms with Gasteiger partial charge in [-0.3, -0.25) is 15.0 Å². The lowest BCUT2D eigenvalue weighted by Crippen LogP contribution is -2.47. The van der Waals surface area contributed by atoms with E-state index in [0.29, 0.717) is 25.3 Å². The van der Waals surface area contributed by atoms with Gasteiger partial charge in [0.25, 0.3) is 5.69 Å². The number of nitrogens with zero attached hydrogens (tertiary/aromatic N) is 4. The van der Waals surface area contributed by atoms with Gasteiger partial charge in [-0.25, -0.2) is 8.42 Å². The summed E-state index contributed by atoms with van der Waals surface area (Å²) in [7, 11) is -3.69. The van der Waals surface area contributed by atoms with Crippen LogP contribution in [-0.4, -0.2) is 86.3 Å². The van der Waals surface area contributed by atoms with E-state index < -0.39 is 14.9 Å². The predicted octanol–water partition coefficient (Wildman–Crippen LogP) is 1.82. The maximum atomic E-state index is 12.8. The van der Waals surface area contributed by atoms with Gasteiger partial charge in [0.1, 0.15) is 5.69 Å². The second-order valence-electron chi connectivity index (χ2n) is 7.60. The number of hydrogen-bond donors (Lipinski definition) is 1. The molecule has 2 aliphatic rings. The van der Waals surface area contributed by atoms with E-state index >= 15 is 0 Å². The third-order valence-corrected chi connectivity index (χ3v) is 7.67. The Hall–Kier alpha value is -1.75. The minimum absolute atomic E-state index is 0.00709. The Balaban J connectivity index is 1.64. The fraction of sp³-hybridized carbons (Fsp3) is 0.684. The first-order valence-corrected chi connectivity index (χ1v) is 11.8. The van der Waals surface area contributed by atoms with E-state index in [-0.39, 0.29) is 10.6 Å². The smallest absolute Gasteiger partial charge is 0.293 e. The Morgan fingerprint density at radius 1 is 1.03 bits per heavy atom. The molecule has 0 bridgehead atoms. The summed E-state index contributed by atoms with van der Waals surface area (Å²) in [5, 5.41) is 14.7. The van der Waals surface area contributed by atoms with Crippen molar-refractivity contribution in [3.8, 4) is 0 Å². The van der Waals surface area contributed by atoms with Crippen molar-refractivity contribution in [3.05, 3.63) is 28.3 Å². The molecular formula is C19H31N5O4S. The lowest BCUT2D eigenvalue weighted by atomic mass is 10.2. The number of piperazine rings is 1. The molecule has 2 fully saturated rings. The first-order valence-electron chi connectivity index (χ1n) is 10.4. The first kappa shape index (κ1) is 21.9. The Morgan fingerprint density at radius 2 is 1.69 bits per heavy atom. The number of nitrogens with one attached hydrogen (secondary N) is 1. The van der Waals surface area contributed by atoms with E-state index in [9.17, 15) is 18.5 Å². The zero-order chi connectivity index (χ0) is 20.9. The SMILES string of the molecule is CCN1CCN(CCNc2ccc(S(=O)(=O)N3CCCCC3)cc2[N+](=O)[O-])CC1. The van der Waals surface area contributed by atoms with Crippen molar-refractivity contribution in [2.24, 2.45) is 0 Å². The Kier molecular flexibility index (Phi) is 7.44. The quantitative estimate of drug-likeness (QED) is 0.501. The largest absolute Gasteiger partial charge is 0.378 e. The maximum absolute atomic E-state index is 12.8. The molecule has 2 heterocycles. The molecule has 2 aliphatic heterocycles. The van der Waals surface area contributed by atoms with Crippen LogP contribution >= 0.6 is 0 Å².